The number of ether oxygens (including phenoxy) is 1. The molecule has 0 aromatic rings. The third-order valence-corrected chi connectivity index (χ3v) is 3.60. The molecule has 9 heteroatoms. The van der Waals surface area contributed by atoms with Crippen molar-refractivity contribution in [3.8, 4) is 0 Å². The maximum atomic E-state index is 11.9. The first kappa shape index (κ1) is 17.5. The zero-order valence-electron chi connectivity index (χ0n) is 11.7. The Morgan fingerprint density at radius 3 is 2.52 bits per heavy atom. The van der Waals surface area contributed by atoms with Gasteiger partial charge in [0.15, 0.2) is 5.84 Å². The van der Waals surface area contributed by atoms with E-state index in [0.29, 0.717) is 18.8 Å². The van der Waals surface area contributed by atoms with E-state index in [9.17, 15) is 18.0 Å². The number of hydrogen-bond donors (Lipinski definition) is 3. The maximum Gasteiger partial charge on any atom is 0.411 e. The average molecular weight is 311 g/mol. The number of oxime groups is 1. The molecule has 6 nitrogen and oxygen atoms in total. The number of hydrogen-bond acceptors (Lipinski definition) is 4. The van der Waals surface area contributed by atoms with Crippen molar-refractivity contribution in [1.82, 2.24) is 5.32 Å². The molecule has 1 rings (SSSR count). The van der Waals surface area contributed by atoms with Gasteiger partial charge in [0.25, 0.3) is 0 Å². The highest BCUT2D eigenvalue weighted by Gasteiger charge is 2.40. The summed E-state index contributed by atoms with van der Waals surface area (Å²) in [5.41, 5.74) is 4.62. The Balaban J connectivity index is 2.59. The standard InChI is InChI=1S/C12H20F3N3O3/c1-8-2-4-11(5-3-8,10(16)18-20)17-9(19)6-21-7-12(13,14)15/h8,20H,2-7H2,1H3,(H2,16,18)(H,17,19). The first-order valence-electron chi connectivity index (χ1n) is 6.62. The van der Waals surface area contributed by atoms with E-state index in [1.165, 1.54) is 0 Å². The molecule has 0 unspecified atom stereocenters. The summed E-state index contributed by atoms with van der Waals surface area (Å²) in [5.74, 6) is -0.415. The molecular weight excluding hydrogens is 291 g/mol. The molecule has 0 atom stereocenters. The second-order valence-corrected chi connectivity index (χ2v) is 5.41. The number of nitrogens with one attached hydrogen (secondary N) is 1. The van der Waals surface area contributed by atoms with Gasteiger partial charge >= 0.3 is 6.18 Å². The normalized spacial score (nSPS) is 27.4. The summed E-state index contributed by atoms with van der Waals surface area (Å²) in [7, 11) is 0. The largest absolute Gasteiger partial charge is 0.411 e. The van der Waals surface area contributed by atoms with Gasteiger partial charge in [-0.3, -0.25) is 4.79 Å². The maximum absolute atomic E-state index is 11.9. The zero-order valence-corrected chi connectivity index (χ0v) is 11.7. The third kappa shape index (κ3) is 5.41. The smallest absolute Gasteiger partial charge is 0.409 e. The number of rotatable bonds is 5. The van der Waals surface area contributed by atoms with E-state index in [-0.39, 0.29) is 5.84 Å². The molecule has 0 heterocycles. The van der Waals surface area contributed by atoms with Crippen molar-refractivity contribution in [1.29, 1.82) is 0 Å². The van der Waals surface area contributed by atoms with Crippen LogP contribution in [0, 0.1) is 5.92 Å². The fraction of sp³-hybridized carbons (Fsp3) is 0.833. The van der Waals surface area contributed by atoms with Crippen LogP contribution < -0.4 is 11.1 Å². The molecule has 1 amide bonds. The predicted molar refractivity (Wildman–Crippen MR) is 68.8 cm³/mol. The van der Waals surface area contributed by atoms with Gasteiger partial charge in [-0.05, 0) is 31.6 Å². The van der Waals surface area contributed by atoms with Crippen molar-refractivity contribution in [2.45, 2.75) is 44.3 Å². The molecule has 122 valence electrons. The number of nitrogens with two attached hydrogens (primary N) is 1. The molecule has 0 radical (unpaired) electrons. The Morgan fingerprint density at radius 1 is 1.48 bits per heavy atom. The fourth-order valence-electron chi connectivity index (χ4n) is 2.36. The van der Waals surface area contributed by atoms with E-state index in [0.717, 1.165) is 12.8 Å². The van der Waals surface area contributed by atoms with Gasteiger partial charge in [-0.15, -0.1) is 0 Å². The number of amidine groups is 1. The van der Waals surface area contributed by atoms with Crippen LogP contribution in [0.2, 0.25) is 0 Å². The highest BCUT2D eigenvalue weighted by atomic mass is 19.4. The highest BCUT2D eigenvalue weighted by molar-refractivity contribution is 5.94. The minimum absolute atomic E-state index is 0.140. The van der Waals surface area contributed by atoms with Crippen molar-refractivity contribution in [3.05, 3.63) is 0 Å². The van der Waals surface area contributed by atoms with Crippen molar-refractivity contribution in [3.63, 3.8) is 0 Å². The van der Waals surface area contributed by atoms with E-state index >= 15 is 0 Å². The molecule has 1 aliphatic rings. The number of alkyl halides is 3. The van der Waals surface area contributed by atoms with Crippen LogP contribution in [-0.2, 0) is 9.53 Å². The van der Waals surface area contributed by atoms with Gasteiger partial charge in [0, 0.05) is 0 Å². The van der Waals surface area contributed by atoms with Crippen molar-refractivity contribution in [2.75, 3.05) is 13.2 Å². The molecular formula is C12H20F3N3O3. The summed E-state index contributed by atoms with van der Waals surface area (Å²) in [6.45, 7) is -0.173. The Bertz CT molecular complexity index is 391. The number of amides is 1. The first-order valence-corrected chi connectivity index (χ1v) is 6.62. The van der Waals surface area contributed by atoms with Gasteiger partial charge < -0.3 is 21.0 Å². The number of carbonyl (C=O) groups excluding carboxylic acids is 1. The molecule has 1 saturated carbocycles. The molecule has 0 aromatic carbocycles. The number of halogens is 3. The van der Waals surface area contributed by atoms with Crippen molar-refractivity contribution in [2.24, 2.45) is 16.8 Å². The summed E-state index contributed by atoms with van der Waals surface area (Å²) in [5, 5.41) is 14.3. The summed E-state index contributed by atoms with van der Waals surface area (Å²) in [4.78, 5) is 11.7. The predicted octanol–water partition coefficient (Wildman–Crippen LogP) is 1.38. The van der Waals surface area contributed by atoms with Crippen LogP contribution in [0.1, 0.15) is 32.6 Å². The SMILES string of the molecule is CC1CCC(NC(=O)COCC(F)(F)F)(C(N)=NO)CC1. The summed E-state index contributed by atoms with van der Waals surface area (Å²) in [6, 6.07) is 0. The Hall–Kier alpha value is -1.51. The molecule has 21 heavy (non-hydrogen) atoms. The lowest BCUT2D eigenvalue weighted by molar-refractivity contribution is -0.175. The van der Waals surface area contributed by atoms with E-state index in [4.69, 9.17) is 10.9 Å². The minimum atomic E-state index is -4.48. The average Bonchev–Trinajstić information content (AvgIpc) is 2.39. The van der Waals surface area contributed by atoms with Crippen molar-refractivity contribution < 1.29 is 27.9 Å². The second-order valence-electron chi connectivity index (χ2n) is 5.41. The topological polar surface area (TPSA) is 96.9 Å². The molecule has 0 saturated heterocycles. The lowest BCUT2D eigenvalue weighted by Crippen LogP contribution is -2.59. The van der Waals surface area contributed by atoms with Gasteiger partial charge in [0.05, 0.1) is 0 Å². The summed E-state index contributed by atoms with van der Waals surface area (Å²) < 4.78 is 40.1. The third-order valence-electron chi connectivity index (χ3n) is 3.60. The van der Waals surface area contributed by atoms with Gasteiger partial charge in [-0.1, -0.05) is 12.1 Å². The Labute approximate surface area is 120 Å². The van der Waals surface area contributed by atoms with Gasteiger partial charge in [-0.2, -0.15) is 13.2 Å². The van der Waals surface area contributed by atoms with Crippen LogP contribution in [0.15, 0.2) is 5.16 Å². The summed E-state index contributed by atoms with van der Waals surface area (Å²) in [6.07, 6.45) is -2.02. The Morgan fingerprint density at radius 2 is 2.05 bits per heavy atom. The zero-order chi connectivity index (χ0) is 16.1. The lowest BCUT2D eigenvalue weighted by Gasteiger charge is -2.38. The van der Waals surface area contributed by atoms with E-state index < -0.39 is 30.8 Å². The number of carbonyl (C=O) groups is 1. The quantitative estimate of drug-likeness (QED) is 0.309. The molecule has 0 spiro atoms. The highest BCUT2D eigenvalue weighted by Crippen LogP contribution is 2.32. The van der Waals surface area contributed by atoms with Crippen molar-refractivity contribution >= 4 is 11.7 Å². The van der Waals surface area contributed by atoms with E-state index in [1.807, 2.05) is 6.92 Å². The van der Waals surface area contributed by atoms with Crippen LogP contribution in [0.5, 0.6) is 0 Å². The van der Waals surface area contributed by atoms with Gasteiger partial charge in [0.2, 0.25) is 5.91 Å². The van der Waals surface area contributed by atoms with Gasteiger partial charge in [-0.25, -0.2) is 0 Å². The Kier molecular flexibility index (Phi) is 5.82. The summed E-state index contributed by atoms with van der Waals surface area (Å²) >= 11 is 0. The van der Waals surface area contributed by atoms with Crippen LogP contribution in [0.4, 0.5) is 13.2 Å². The number of nitrogens with zero attached hydrogens (tertiary/aromatic N) is 1. The molecule has 4 N–H and O–H groups in total. The molecule has 1 fully saturated rings. The molecule has 0 aliphatic heterocycles. The fourth-order valence-corrected chi connectivity index (χ4v) is 2.36. The van der Waals surface area contributed by atoms with Crippen LogP contribution in [-0.4, -0.2) is 41.9 Å². The van der Waals surface area contributed by atoms with E-state index in [1.54, 1.807) is 0 Å². The van der Waals surface area contributed by atoms with Crippen LogP contribution in [0.25, 0.3) is 0 Å². The lowest BCUT2D eigenvalue weighted by atomic mass is 9.76. The first-order chi connectivity index (χ1) is 9.68. The van der Waals surface area contributed by atoms with Crippen LogP contribution >= 0.6 is 0 Å². The molecule has 0 aromatic heterocycles. The minimum Gasteiger partial charge on any atom is -0.409 e. The van der Waals surface area contributed by atoms with Crippen LogP contribution in [0.3, 0.4) is 0 Å². The monoisotopic (exact) mass is 311 g/mol. The van der Waals surface area contributed by atoms with Gasteiger partial charge in [0.1, 0.15) is 18.8 Å². The second kappa shape index (κ2) is 6.97. The molecule has 0 bridgehead atoms. The van der Waals surface area contributed by atoms with E-state index in [2.05, 4.69) is 15.2 Å². The molecule has 1 aliphatic carbocycles.